The van der Waals surface area contributed by atoms with E-state index in [-0.39, 0.29) is 0 Å². The number of nitrogens with two attached hydrogens (primary N) is 1. The Kier molecular flexibility index (Phi) is 2.84. The molecule has 0 aromatic carbocycles. The van der Waals surface area contributed by atoms with Crippen molar-refractivity contribution in [3.05, 3.63) is 34.8 Å². The molecule has 0 aliphatic heterocycles. The molecule has 0 spiro atoms. The summed E-state index contributed by atoms with van der Waals surface area (Å²) >= 11 is 3.45. The maximum Gasteiger partial charge on any atom is 0.113 e. The van der Waals surface area contributed by atoms with Gasteiger partial charge in [-0.25, -0.2) is 4.98 Å². The number of imidazole rings is 1. The molecule has 0 aliphatic rings. The molecule has 0 amide bonds. The van der Waals surface area contributed by atoms with E-state index in [9.17, 15) is 0 Å². The van der Waals surface area contributed by atoms with Gasteiger partial charge in [0.1, 0.15) is 5.82 Å². The summed E-state index contributed by atoms with van der Waals surface area (Å²) in [7, 11) is 0. The molecule has 0 bridgehead atoms. The fraction of sp³-hybridized carbons (Fsp3) is 0.300. The molecule has 4 heteroatoms. The van der Waals surface area contributed by atoms with Crippen LogP contribution in [-0.4, -0.2) is 15.9 Å². The van der Waals surface area contributed by atoms with Gasteiger partial charge < -0.3 is 10.1 Å². The average molecular weight is 254 g/mol. The summed E-state index contributed by atoms with van der Waals surface area (Å²) in [5.74, 6) is 1.08. The van der Waals surface area contributed by atoms with Crippen molar-refractivity contribution in [1.82, 2.24) is 9.38 Å². The lowest BCUT2D eigenvalue weighted by Crippen LogP contribution is -2.03. The van der Waals surface area contributed by atoms with Gasteiger partial charge in [-0.05, 0) is 41.0 Å². The summed E-state index contributed by atoms with van der Waals surface area (Å²) in [5.41, 5.74) is 6.60. The quantitative estimate of drug-likeness (QED) is 0.910. The summed E-state index contributed by atoms with van der Waals surface area (Å²) in [4.78, 5) is 4.36. The highest BCUT2D eigenvalue weighted by atomic mass is 79.9. The van der Waals surface area contributed by atoms with E-state index in [0.29, 0.717) is 6.54 Å². The number of pyridine rings is 1. The third-order valence-electron chi connectivity index (χ3n) is 2.17. The molecule has 74 valence electrons. The predicted molar refractivity (Wildman–Crippen MR) is 60.3 cm³/mol. The summed E-state index contributed by atoms with van der Waals surface area (Å²) in [5, 5.41) is 0. The molecule has 3 nitrogen and oxygen atoms in total. The fourth-order valence-corrected chi connectivity index (χ4v) is 1.80. The molecular weight excluding hydrogens is 242 g/mol. The minimum absolute atomic E-state index is 0.711. The molecule has 2 N–H and O–H groups in total. The molecule has 0 saturated carbocycles. The van der Waals surface area contributed by atoms with Crippen LogP contribution in [0, 0.1) is 0 Å². The number of rotatable bonds is 3. The zero-order valence-corrected chi connectivity index (χ0v) is 9.37. The highest BCUT2D eigenvalue weighted by Crippen LogP contribution is 2.14. The number of hydrogen-bond acceptors (Lipinski definition) is 2. The van der Waals surface area contributed by atoms with Gasteiger partial charge in [-0.15, -0.1) is 0 Å². The van der Waals surface area contributed by atoms with Gasteiger partial charge in [0.15, 0.2) is 0 Å². The van der Waals surface area contributed by atoms with Crippen molar-refractivity contribution in [2.24, 2.45) is 5.73 Å². The lowest BCUT2D eigenvalue weighted by Gasteiger charge is -2.00. The van der Waals surface area contributed by atoms with Gasteiger partial charge >= 0.3 is 0 Å². The first-order chi connectivity index (χ1) is 6.81. The highest BCUT2D eigenvalue weighted by molar-refractivity contribution is 9.10. The Morgan fingerprint density at radius 2 is 2.29 bits per heavy atom. The highest BCUT2D eigenvalue weighted by Gasteiger charge is 2.02. The van der Waals surface area contributed by atoms with Crippen LogP contribution < -0.4 is 5.73 Å². The normalized spacial score (nSPS) is 11.0. The van der Waals surface area contributed by atoms with Crippen LogP contribution >= 0.6 is 15.9 Å². The first-order valence-corrected chi connectivity index (χ1v) is 5.42. The molecule has 2 aromatic heterocycles. The maximum atomic E-state index is 5.47. The van der Waals surface area contributed by atoms with Gasteiger partial charge in [-0.2, -0.15) is 0 Å². The third kappa shape index (κ3) is 1.81. The van der Waals surface area contributed by atoms with Gasteiger partial charge in [0.25, 0.3) is 0 Å². The van der Waals surface area contributed by atoms with Crippen molar-refractivity contribution in [3.8, 4) is 0 Å². The molecule has 2 aromatic rings. The second-order valence-electron chi connectivity index (χ2n) is 3.21. The van der Waals surface area contributed by atoms with Crippen LogP contribution in [0.2, 0.25) is 0 Å². The van der Waals surface area contributed by atoms with E-state index in [2.05, 4.69) is 25.3 Å². The summed E-state index contributed by atoms with van der Waals surface area (Å²) < 4.78 is 3.16. The standard InChI is InChI=1S/C10H12BrN3/c11-8-3-4-9-6-13-10(2-1-5-12)14(9)7-8/h3-4,6-7H,1-2,5,12H2. The van der Waals surface area contributed by atoms with E-state index >= 15 is 0 Å². The van der Waals surface area contributed by atoms with Crippen LogP contribution in [0.3, 0.4) is 0 Å². The van der Waals surface area contributed by atoms with Crippen LogP contribution in [0.1, 0.15) is 12.2 Å². The van der Waals surface area contributed by atoms with Crippen molar-refractivity contribution >= 4 is 21.4 Å². The second-order valence-corrected chi connectivity index (χ2v) is 4.12. The topological polar surface area (TPSA) is 43.3 Å². The molecule has 0 aliphatic carbocycles. The fourth-order valence-electron chi connectivity index (χ4n) is 1.46. The van der Waals surface area contributed by atoms with Crippen LogP contribution in [0.15, 0.2) is 29.0 Å². The predicted octanol–water partition coefficient (Wildman–Crippen LogP) is 1.99. The van der Waals surface area contributed by atoms with Crippen LogP contribution in [-0.2, 0) is 6.42 Å². The van der Waals surface area contributed by atoms with Crippen molar-refractivity contribution < 1.29 is 0 Å². The Balaban J connectivity index is 2.40. The largest absolute Gasteiger partial charge is 0.330 e. The molecule has 2 heterocycles. The number of aryl methyl sites for hydroxylation is 1. The Bertz CT molecular complexity index is 436. The third-order valence-corrected chi connectivity index (χ3v) is 2.64. The SMILES string of the molecule is NCCCc1ncc2ccc(Br)cn12. The van der Waals surface area contributed by atoms with Crippen molar-refractivity contribution in [3.63, 3.8) is 0 Å². The number of halogens is 1. The average Bonchev–Trinajstić information content (AvgIpc) is 2.57. The zero-order valence-electron chi connectivity index (χ0n) is 7.78. The minimum atomic E-state index is 0.711. The van der Waals surface area contributed by atoms with E-state index < -0.39 is 0 Å². The molecule has 2 rings (SSSR count). The van der Waals surface area contributed by atoms with E-state index in [1.165, 1.54) is 0 Å². The first-order valence-electron chi connectivity index (χ1n) is 4.63. The first kappa shape index (κ1) is 9.68. The van der Waals surface area contributed by atoms with E-state index in [0.717, 1.165) is 28.7 Å². The Morgan fingerprint density at radius 3 is 3.07 bits per heavy atom. The maximum absolute atomic E-state index is 5.47. The van der Waals surface area contributed by atoms with E-state index in [1.807, 2.05) is 24.5 Å². The van der Waals surface area contributed by atoms with Gasteiger partial charge in [-0.3, -0.25) is 0 Å². The molecule has 0 unspecified atom stereocenters. The van der Waals surface area contributed by atoms with Gasteiger partial charge in [0.2, 0.25) is 0 Å². The number of nitrogens with zero attached hydrogens (tertiary/aromatic N) is 2. The second kappa shape index (κ2) is 4.11. The molecule has 0 fully saturated rings. The summed E-state index contributed by atoms with van der Waals surface area (Å²) in [6.45, 7) is 0.711. The zero-order chi connectivity index (χ0) is 9.97. The monoisotopic (exact) mass is 253 g/mol. The van der Waals surface area contributed by atoms with Crippen molar-refractivity contribution in [2.75, 3.05) is 6.54 Å². The van der Waals surface area contributed by atoms with E-state index in [1.54, 1.807) is 0 Å². The van der Waals surface area contributed by atoms with Crippen LogP contribution in [0.25, 0.3) is 5.52 Å². The molecule has 0 saturated heterocycles. The number of aromatic nitrogens is 2. The lowest BCUT2D eigenvalue weighted by atomic mass is 10.3. The van der Waals surface area contributed by atoms with Crippen molar-refractivity contribution in [2.45, 2.75) is 12.8 Å². The smallest absolute Gasteiger partial charge is 0.113 e. The lowest BCUT2D eigenvalue weighted by molar-refractivity contribution is 0.777. The minimum Gasteiger partial charge on any atom is -0.330 e. The van der Waals surface area contributed by atoms with Gasteiger partial charge in [0.05, 0.1) is 11.7 Å². The number of hydrogen-bond donors (Lipinski definition) is 1. The molecule has 0 atom stereocenters. The summed E-state index contributed by atoms with van der Waals surface area (Å²) in [6, 6.07) is 4.06. The van der Waals surface area contributed by atoms with E-state index in [4.69, 9.17) is 5.73 Å². The molecule has 0 radical (unpaired) electrons. The van der Waals surface area contributed by atoms with Crippen molar-refractivity contribution in [1.29, 1.82) is 0 Å². The molecule has 14 heavy (non-hydrogen) atoms. The number of fused-ring (bicyclic) bond motifs is 1. The molecular formula is C10H12BrN3. The van der Waals surface area contributed by atoms with Gasteiger partial charge in [0, 0.05) is 17.1 Å². The Hall–Kier alpha value is -0.870. The Morgan fingerprint density at radius 1 is 1.43 bits per heavy atom. The van der Waals surface area contributed by atoms with Crippen LogP contribution in [0.5, 0.6) is 0 Å². The Labute approximate surface area is 91.1 Å². The van der Waals surface area contributed by atoms with Gasteiger partial charge in [-0.1, -0.05) is 0 Å². The summed E-state index contributed by atoms with van der Waals surface area (Å²) in [6.07, 6.45) is 5.83. The van der Waals surface area contributed by atoms with Crippen LogP contribution in [0.4, 0.5) is 0 Å².